The van der Waals surface area contributed by atoms with Crippen LogP contribution in [0.3, 0.4) is 0 Å². The Morgan fingerprint density at radius 3 is 1.21 bits per heavy atom. The molecule has 0 amide bonds. The molecule has 0 radical (unpaired) electrons. The van der Waals surface area contributed by atoms with E-state index in [1.165, 1.54) is 110 Å². The van der Waals surface area contributed by atoms with Crippen LogP contribution in [0.25, 0.3) is 33.7 Å². The van der Waals surface area contributed by atoms with Gasteiger partial charge in [-0.2, -0.15) is 0 Å². The third kappa shape index (κ3) is 9.34. The molecule has 1 heteroatoms. The summed E-state index contributed by atoms with van der Waals surface area (Å²) in [5, 5.41) is 8.07. The molecule has 7 aromatic rings. The number of anilines is 3. The Hall–Kier alpha value is -5.40. The van der Waals surface area contributed by atoms with Crippen molar-refractivity contribution in [3.05, 3.63) is 181 Å². The Kier molecular flexibility index (Phi) is 13.8. The van der Waals surface area contributed by atoms with Crippen molar-refractivity contribution in [3.63, 3.8) is 0 Å². The number of benzene rings is 7. The molecule has 0 heterocycles. The Labute approximate surface area is 338 Å². The van der Waals surface area contributed by atoms with E-state index in [0.29, 0.717) is 0 Å². The molecule has 0 aliphatic heterocycles. The third-order valence-corrected chi connectivity index (χ3v) is 11.4. The molecule has 7 aromatic carbocycles. The monoisotopic (exact) mass is 737 g/mol. The van der Waals surface area contributed by atoms with E-state index in [1.54, 1.807) is 0 Å². The summed E-state index contributed by atoms with van der Waals surface area (Å²) in [6.07, 6.45) is 7.06. The Morgan fingerprint density at radius 1 is 0.339 bits per heavy atom. The Bertz CT molecular complexity index is 2520. The van der Waals surface area contributed by atoms with Gasteiger partial charge in [-0.1, -0.05) is 116 Å². The first-order chi connectivity index (χ1) is 26.8. The number of hydrogen-bond donors (Lipinski definition) is 0. The highest BCUT2D eigenvalue weighted by Gasteiger charge is 2.19. The lowest BCUT2D eigenvalue weighted by Crippen LogP contribution is -2.33. The molecule has 0 bridgehead atoms. The average Bonchev–Trinajstić information content (AvgIpc) is 3.19. The summed E-state index contributed by atoms with van der Waals surface area (Å²) in [7, 11) is 0. The maximum Gasteiger partial charge on any atom is 0.0543 e. The Morgan fingerprint density at radius 2 is 0.768 bits per heavy atom. The van der Waals surface area contributed by atoms with E-state index in [1.807, 2.05) is 13.8 Å². The van der Waals surface area contributed by atoms with Crippen molar-refractivity contribution in [2.75, 3.05) is 4.90 Å². The predicted molar refractivity (Wildman–Crippen MR) is 250 cm³/mol. The lowest BCUT2D eigenvalue weighted by Gasteiger charge is -2.29. The minimum absolute atomic E-state index is 1.08. The van der Waals surface area contributed by atoms with Gasteiger partial charge in [-0.3, -0.25) is 0 Å². The van der Waals surface area contributed by atoms with Gasteiger partial charge in [0, 0.05) is 16.6 Å². The molecule has 1 nitrogen and oxygen atoms in total. The fourth-order valence-electron chi connectivity index (χ4n) is 7.47. The first kappa shape index (κ1) is 41.8. The van der Waals surface area contributed by atoms with Crippen LogP contribution >= 0.6 is 0 Å². The van der Waals surface area contributed by atoms with Gasteiger partial charge in [0.1, 0.15) is 0 Å². The van der Waals surface area contributed by atoms with Gasteiger partial charge in [-0.25, -0.2) is 0 Å². The van der Waals surface area contributed by atoms with Gasteiger partial charge in [0.15, 0.2) is 0 Å². The molecule has 0 N–H and O–H groups in total. The molecule has 1 aliphatic carbocycles. The highest BCUT2D eigenvalue weighted by atomic mass is 15.1. The van der Waals surface area contributed by atoms with E-state index in [2.05, 4.69) is 202 Å². The molecule has 0 fully saturated rings. The van der Waals surface area contributed by atoms with E-state index >= 15 is 0 Å². The third-order valence-electron chi connectivity index (χ3n) is 11.4. The second-order valence-electron chi connectivity index (χ2n) is 15.6. The van der Waals surface area contributed by atoms with E-state index in [-0.39, 0.29) is 0 Å². The van der Waals surface area contributed by atoms with E-state index in [4.69, 9.17) is 0 Å². The summed E-state index contributed by atoms with van der Waals surface area (Å²) < 4.78 is 0. The fraction of sp³-hybridized carbons (Fsp3) is 0.273. The lowest BCUT2D eigenvalue weighted by molar-refractivity contribution is 1.11. The average molecular weight is 738 g/mol. The van der Waals surface area contributed by atoms with Crippen LogP contribution < -0.4 is 15.3 Å². The van der Waals surface area contributed by atoms with Gasteiger partial charge in [0.05, 0.1) is 5.69 Å². The van der Waals surface area contributed by atoms with Crippen LogP contribution in [-0.2, 0) is 0 Å². The van der Waals surface area contributed by atoms with Crippen molar-refractivity contribution < 1.29 is 0 Å². The van der Waals surface area contributed by atoms with Gasteiger partial charge in [0.25, 0.3) is 0 Å². The summed E-state index contributed by atoms with van der Waals surface area (Å²) >= 11 is 0. The fourth-order valence-corrected chi connectivity index (χ4v) is 7.47. The zero-order valence-electron chi connectivity index (χ0n) is 36.4. The molecular weight excluding hydrogens is 675 g/mol. The van der Waals surface area contributed by atoms with Crippen molar-refractivity contribution in [2.45, 2.75) is 103 Å². The number of fused-ring (bicyclic) bond motifs is 5. The molecule has 0 saturated heterocycles. The molecule has 0 aromatic heterocycles. The first-order valence-corrected chi connectivity index (χ1v) is 20.5. The highest BCUT2D eigenvalue weighted by Crippen LogP contribution is 2.37. The van der Waals surface area contributed by atoms with Crippen LogP contribution in [0, 0.1) is 76.2 Å². The zero-order valence-corrected chi connectivity index (χ0v) is 36.4. The van der Waals surface area contributed by atoms with Crippen LogP contribution in [0.2, 0.25) is 0 Å². The van der Waals surface area contributed by atoms with Crippen LogP contribution in [0.4, 0.5) is 17.1 Å². The van der Waals surface area contributed by atoms with Crippen molar-refractivity contribution >= 4 is 50.8 Å². The second kappa shape index (κ2) is 18.5. The summed E-state index contributed by atoms with van der Waals surface area (Å²) in [4.78, 5) is 2.47. The normalized spacial score (nSPS) is 11.4. The largest absolute Gasteiger partial charge is 0.310 e. The van der Waals surface area contributed by atoms with E-state index in [9.17, 15) is 0 Å². The molecule has 56 heavy (non-hydrogen) atoms. The highest BCUT2D eigenvalue weighted by molar-refractivity contribution is 6.10. The molecule has 1 aliphatic rings. The number of rotatable bonds is 3. The molecular formula is C55H63N. The van der Waals surface area contributed by atoms with Gasteiger partial charge >= 0.3 is 0 Å². The van der Waals surface area contributed by atoms with Crippen LogP contribution in [0.15, 0.2) is 109 Å². The lowest BCUT2D eigenvalue weighted by atomic mass is 9.92. The van der Waals surface area contributed by atoms with Crippen molar-refractivity contribution in [3.8, 4) is 0 Å². The van der Waals surface area contributed by atoms with Crippen molar-refractivity contribution in [2.24, 2.45) is 0 Å². The maximum absolute atomic E-state index is 2.47. The number of aryl methyl sites for hydroxylation is 11. The topological polar surface area (TPSA) is 3.24 Å². The van der Waals surface area contributed by atoms with Crippen molar-refractivity contribution in [1.29, 1.82) is 0 Å². The predicted octanol–water partition coefficient (Wildman–Crippen LogP) is 14.6. The minimum atomic E-state index is 1.08. The Balaban J connectivity index is 0.000000245. The second-order valence-corrected chi connectivity index (χ2v) is 15.6. The summed E-state index contributed by atoms with van der Waals surface area (Å²) in [6.45, 7) is 27.8. The summed E-state index contributed by atoms with van der Waals surface area (Å²) in [6, 6.07) is 40.4. The smallest absolute Gasteiger partial charge is 0.0543 e. The van der Waals surface area contributed by atoms with Crippen LogP contribution in [0.5, 0.6) is 0 Å². The minimum Gasteiger partial charge on any atom is -0.310 e. The van der Waals surface area contributed by atoms with Crippen LogP contribution in [0.1, 0.15) is 87.9 Å². The number of hydrogen-bond acceptors (Lipinski definition) is 1. The van der Waals surface area contributed by atoms with Gasteiger partial charge in [0.2, 0.25) is 0 Å². The van der Waals surface area contributed by atoms with Crippen LogP contribution in [-0.4, -0.2) is 0 Å². The van der Waals surface area contributed by atoms with Gasteiger partial charge in [-0.15, -0.1) is 0 Å². The molecule has 0 spiro atoms. The SMILES string of the molecule is CC.Cc1ccc(C)c(C)c1.Cc1ccc(C)c(C)c1.Cc1ccc(N(c2ccc(C)c(C)c2)c2cc3c(cc(C)c4ccccc43)c3c2=CCCC=3)cc1C. The summed E-state index contributed by atoms with van der Waals surface area (Å²) in [5.41, 5.74) is 18.5. The van der Waals surface area contributed by atoms with Crippen molar-refractivity contribution in [1.82, 2.24) is 0 Å². The van der Waals surface area contributed by atoms with E-state index < -0.39 is 0 Å². The van der Waals surface area contributed by atoms with E-state index in [0.717, 1.165) is 12.8 Å². The number of nitrogens with zero attached hydrogens (tertiary/aromatic N) is 1. The maximum atomic E-state index is 2.47. The van der Waals surface area contributed by atoms with Gasteiger partial charge < -0.3 is 4.90 Å². The quantitative estimate of drug-likeness (QED) is 0.163. The zero-order chi connectivity index (χ0) is 40.7. The standard InChI is InChI=1S/C35H33N.2C9H12.C2H6/c1-22-14-16-27(18-24(22)3)36(28-17-15-23(2)25(4)19-28)35-21-34-30-11-7-6-10-29(30)26(5)20-33(34)31-12-8-9-13-32(31)35;2*1-7-4-5-8(2)9(3)6-7;1-2/h6-7,10-21H,8-9H2,1-5H3;2*4-6H,1-3H3;1-2H3. The molecule has 288 valence electrons. The summed E-state index contributed by atoms with van der Waals surface area (Å²) in [5.74, 6) is 0. The first-order valence-electron chi connectivity index (χ1n) is 20.5. The molecule has 0 unspecified atom stereocenters. The van der Waals surface area contributed by atoms with Gasteiger partial charge in [-0.05, 0) is 196 Å². The molecule has 8 rings (SSSR count). The molecule has 0 saturated carbocycles. The molecule has 0 atom stereocenters.